The number of hydrogen-bond donors (Lipinski definition) is 0. The minimum atomic E-state index is -0.619. The monoisotopic (exact) mass is 335 g/mol. The predicted molar refractivity (Wildman–Crippen MR) is 87.4 cm³/mol. The third-order valence-corrected chi connectivity index (χ3v) is 3.13. The van der Waals surface area contributed by atoms with Gasteiger partial charge >= 0.3 is 12.0 Å². The van der Waals surface area contributed by atoms with Crippen molar-refractivity contribution in [3.05, 3.63) is 78.4 Å². The lowest BCUT2D eigenvalue weighted by Crippen LogP contribution is -2.15. The van der Waals surface area contributed by atoms with E-state index in [0.29, 0.717) is 5.75 Å². The van der Waals surface area contributed by atoms with Gasteiger partial charge in [0.25, 0.3) is 0 Å². The Morgan fingerprint density at radius 2 is 1.64 bits per heavy atom. The van der Waals surface area contributed by atoms with Gasteiger partial charge in [0.1, 0.15) is 5.75 Å². The second-order valence-electron chi connectivity index (χ2n) is 4.91. The first-order valence-electron chi connectivity index (χ1n) is 7.37. The van der Waals surface area contributed by atoms with E-state index >= 15 is 0 Å². The lowest BCUT2D eigenvalue weighted by molar-refractivity contribution is 0.0474. The molecule has 0 bridgehead atoms. The zero-order valence-electron chi connectivity index (χ0n) is 13.0. The molecule has 0 fully saturated rings. The van der Waals surface area contributed by atoms with Crippen LogP contribution in [0.2, 0.25) is 0 Å². The van der Waals surface area contributed by atoms with Gasteiger partial charge < -0.3 is 9.47 Å². The first kappa shape index (κ1) is 16.3. The zero-order chi connectivity index (χ0) is 17.5. The van der Waals surface area contributed by atoms with Gasteiger partial charge in [0.05, 0.1) is 11.1 Å². The van der Waals surface area contributed by atoms with Gasteiger partial charge in [-0.1, -0.05) is 18.2 Å². The number of Topliss-reactive ketones (excluding diaryl/α,β-unsaturated/α-hetero) is 1. The van der Waals surface area contributed by atoms with E-state index in [-0.39, 0.29) is 17.1 Å². The van der Waals surface area contributed by atoms with Crippen LogP contribution in [-0.2, 0) is 4.74 Å². The number of ether oxygens (including phenoxy) is 2. The molecule has 25 heavy (non-hydrogen) atoms. The van der Waals surface area contributed by atoms with E-state index < -0.39 is 18.4 Å². The summed E-state index contributed by atoms with van der Waals surface area (Å²) in [5.74, 6) is -0.443. The van der Waals surface area contributed by atoms with E-state index in [2.05, 4.69) is 15.0 Å². The fraction of sp³-hybridized carbons (Fsp3) is 0.0556. The number of rotatable bonds is 6. The van der Waals surface area contributed by atoms with Gasteiger partial charge in [-0.3, -0.25) is 9.78 Å². The van der Waals surface area contributed by atoms with Crippen LogP contribution in [0.5, 0.6) is 11.8 Å². The van der Waals surface area contributed by atoms with Crippen molar-refractivity contribution in [2.75, 3.05) is 6.61 Å². The van der Waals surface area contributed by atoms with Gasteiger partial charge in [-0.05, 0) is 24.3 Å². The number of nitrogens with zero attached hydrogens (tertiary/aromatic N) is 3. The Kier molecular flexibility index (Phi) is 5.06. The van der Waals surface area contributed by atoms with Gasteiger partial charge in [-0.2, -0.15) is 0 Å². The molecule has 7 nitrogen and oxygen atoms in total. The minimum absolute atomic E-state index is 0.120. The van der Waals surface area contributed by atoms with Crippen LogP contribution in [-0.4, -0.2) is 33.3 Å². The smallest absolute Gasteiger partial charge is 0.340 e. The summed E-state index contributed by atoms with van der Waals surface area (Å²) in [6, 6.07) is 12.3. The summed E-state index contributed by atoms with van der Waals surface area (Å²) in [5, 5.41) is 0. The Bertz CT molecular complexity index is 853. The van der Waals surface area contributed by atoms with E-state index in [1.165, 1.54) is 18.6 Å². The highest BCUT2D eigenvalue weighted by Crippen LogP contribution is 2.16. The molecule has 7 heteroatoms. The molecule has 3 rings (SSSR count). The normalized spacial score (nSPS) is 10.1. The highest BCUT2D eigenvalue weighted by atomic mass is 16.5. The standard InChI is InChI=1S/C18H13N3O4/c22-16(12-24-17(23)13-5-4-8-19-9-13)14-10-20-18(21-11-14)25-15-6-2-1-3-7-15/h1-11H,12H2. The summed E-state index contributed by atoms with van der Waals surface area (Å²) in [6.45, 7) is -0.407. The fourth-order valence-electron chi connectivity index (χ4n) is 1.89. The van der Waals surface area contributed by atoms with Crippen LogP contribution in [0.15, 0.2) is 67.3 Å². The van der Waals surface area contributed by atoms with E-state index in [4.69, 9.17) is 9.47 Å². The summed E-state index contributed by atoms with van der Waals surface area (Å²) < 4.78 is 10.4. The van der Waals surface area contributed by atoms with Crippen molar-refractivity contribution in [1.82, 2.24) is 15.0 Å². The summed E-state index contributed by atoms with van der Waals surface area (Å²) >= 11 is 0. The number of carbonyl (C=O) groups excluding carboxylic acids is 2. The Morgan fingerprint density at radius 3 is 2.32 bits per heavy atom. The van der Waals surface area contributed by atoms with E-state index in [1.807, 2.05) is 18.2 Å². The average Bonchev–Trinajstić information content (AvgIpc) is 2.68. The number of aromatic nitrogens is 3. The molecule has 0 radical (unpaired) electrons. The van der Waals surface area contributed by atoms with Crippen LogP contribution in [0.25, 0.3) is 0 Å². The molecule has 3 aromatic rings. The largest absolute Gasteiger partial charge is 0.454 e. The topological polar surface area (TPSA) is 91.3 Å². The highest BCUT2D eigenvalue weighted by Gasteiger charge is 2.13. The van der Waals surface area contributed by atoms with Crippen LogP contribution < -0.4 is 4.74 Å². The van der Waals surface area contributed by atoms with Crippen molar-refractivity contribution in [3.8, 4) is 11.8 Å². The number of pyridine rings is 1. The lowest BCUT2D eigenvalue weighted by Gasteiger charge is -2.05. The molecular weight excluding hydrogens is 322 g/mol. The second-order valence-corrected chi connectivity index (χ2v) is 4.91. The highest BCUT2D eigenvalue weighted by molar-refractivity contribution is 5.98. The molecule has 0 aliphatic rings. The Hall–Kier alpha value is -3.61. The summed E-state index contributed by atoms with van der Waals surface area (Å²) in [7, 11) is 0. The summed E-state index contributed by atoms with van der Waals surface area (Å²) in [5.41, 5.74) is 0.498. The molecule has 0 spiro atoms. The summed E-state index contributed by atoms with van der Waals surface area (Å²) in [4.78, 5) is 35.6. The van der Waals surface area contributed by atoms with Gasteiger partial charge in [-0.25, -0.2) is 14.8 Å². The molecule has 0 saturated carbocycles. The third kappa shape index (κ3) is 4.44. The molecule has 124 valence electrons. The molecule has 2 heterocycles. The fourth-order valence-corrected chi connectivity index (χ4v) is 1.89. The van der Waals surface area contributed by atoms with E-state index in [9.17, 15) is 9.59 Å². The molecule has 0 amide bonds. The SMILES string of the molecule is O=C(COC(=O)c1cccnc1)c1cnc(Oc2ccccc2)nc1. The number of para-hydroxylation sites is 1. The molecule has 0 N–H and O–H groups in total. The first-order valence-corrected chi connectivity index (χ1v) is 7.37. The Morgan fingerprint density at radius 1 is 0.880 bits per heavy atom. The molecule has 2 aromatic heterocycles. The molecular formula is C18H13N3O4. The number of carbonyl (C=O) groups is 2. The lowest BCUT2D eigenvalue weighted by atomic mass is 10.2. The molecule has 1 aromatic carbocycles. The number of ketones is 1. The van der Waals surface area contributed by atoms with Gasteiger partial charge in [0.15, 0.2) is 6.61 Å². The van der Waals surface area contributed by atoms with Gasteiger partial charge in [0.2, 0.25) is 5.78 Å². The predicted octanol–water partition coefficient (Wildman–Crippen LogP) is 2.70. The Labute approximate surface area is 143 Å². The maximum absolute atomic E-state index is 12.0. The molecule has 0 aliphatic carbocycles. The van der Waals surface area contributed by atoms with Crippen LogP contribution in [0.4, 0.5) is 0 Å². The van der Waals surface area contributed by atoms with Crippen molar-refractivity contribution in [2.24, 2.45) is 0 Å². The van der Waals surface area contributed by atoms with Gasteiger partial charge in [-0.15, -0.1) is 0 Å². The summed E-state index contributed by atoms with van der Waals surface area (Å²) in [6.07, 6.45) is 5.56. The van der Waals surface area contributed by atoms with Crippen LogP contribution in [0.1, 0.15) is 20.7 Å². The zero-order valence-corrected chi connectivity index (χ0v) is 13.0. The van der Waals surface area contributed by atoms with Gasteiger partial charge in [0, 0.05) is 24.8 Å². The van der Waals surface area contributed by atoms with Crippen LogP contribution in [0.3, 0.4) is 0 Å². The molecule has 0 unspecified atom stereocenters. The van der Waals surface area contributed by atoms with Crippen molar-refractivity contribution in [1.29, 1.82) is 0 Å². The maximum atomic E-state index is 12.0. The van der Waals surface area contributed by atoms with Crippen molar-refractivity contribution in [2.45, 2.75) is 0 Å². The minimum Gasteiger partial charge on any atom is -0.454 e. The van der Waals surface area contributed by atoms with E-state index in [0.717, 1.165) is 0 Å². The number of benzene rings is 1. The second kappa shape index (κ2) is 7.78. The third-order valence-electron chi connectivity index (χ3n) is 3.13. The first-order chi connectivity index (χ1) is 12.2. The quantitative estimate of drug-likeness (QED) is 0.505. The molecule has 0 atom stereocenters. The van der Waals surface area contributed by atoms with E-state index in [1.54, 1.807) is 30.5 Å². The van der Waals surface area contributed by atoms with Crippen LogP contribution >= 0.6 is 0 Å². The van der Waals surface area contributed by atoms with Crippen molar-refractivity contribution < 1.29 is 19.1 Å². The van der Waals surface area contributed by atoms with Crippen LogP contribution in [0, 0.1) is 0 Å². The molecule has 0 aliphatic heterocycles. The molecule has 0 saturated heterocycles. The number of esters is 1. The number of hydrogen-bond acceptors (Lipinski definition) is 7. The maximum Gasteiger partial charge on any atom is 0.340 e. The van der Waals surface area contributed by atoms with Crippen molar-refractivity contribution >= 4 is 11.8 Å². The average molecular weight is 335 g/mol. The Balaban J connectivity index is 1.56. The van der Waals surface area contributed by atoms with Crippen molar-refractivity contribution in [3.63, 3.8) is 0 Å².